The summed E-state index contributed by atoms with van der Waals surface area (Å²) in [6.07, 6.45) is 0.577. The number of carbonyl (C=O) groups excluding carboxylic acids is 1. The van der Waals surface area contributed by atoms with E-state index < -0.39 is 23.9 Å². The monoisotopic (exact) mass is 283 g/mol. The van der Waals surface area contributed by atoms with Crippen LogP contribution in [0.4, 0.5) is 9.18 Å². The van der Waals surface area contributed by atoms with E-state index in [1.165, 1.54) is 18.2 Å². The van der Waals surface area contributed by atoms with Crippen molar-refractivity contribution in [3.8, 4) is 0 Å². The number of hydrogen-bond acceptors (Lipinski definition) is 3. The number of unbranched alkanes of at least 4 members (excludes halogenated alkanes) is 1. The zero-order valence-corrected chi connectivity index (χ0v) is 11.3. The molecule has 0 spiro atoms. The maximum absolute atomic E-state index is 13.2. The molecule has 0 aliphatic heterocycles. The standard InChI is InChI=1S/C14H18FNO4/c1-2-3-7-20-14(19)16-12(9-13(17)18)10-5-4-6-11(15)8-10/h4-6,8,12H,2-3,7,9H2,1H3,(H,16,19)(H,17,18). The van der Waals surface area contributed by atoms with Crippen LogP contribution in [0, 0.1) is 5.82 Å². The predicted molar refractivity (Wildman–Crippen MR) is 70.8 cm³/mol. The molecule has 2 N–H and O–H groups in total. The minimum atomic E-state index is -1.09. The van der Waals surface area contributed by atoms with Crippen LogP contribution in [0.25, 0.3) is 0 Å². The summed E-state index contributed by atoms with van der Waals surface area (Å²) in [5, 5.41) is 11.3. The van der Waals surface area contributed by atoms with Gasteiger partial charge in [-0.1, -0.05) is 25.5 Å². The Balaban J connectivity index is 2.69. The Morgan fingerprint density at radius 3 is 2.80 bits per heavy atom. The quantitative estimate of drug-likeness (QED) is 0.754. The number of amides is 1. The van der Waals surface area contributed by atoms with Crippen LogP contribution >= 0.6 is 0 Å². The molecule has 110 valence electrons. The lowest BCUT2D eigenvalue weighted by atomic mass is 10.0. The van der Waals surface area contributed by atoms with Crippen molar-refractivity contribution in [2.24, 2.45) is 0 Å². The molecule has 0 aliphatic rings. The largest absolute Gasteiger partial charge is 0.481 e. The number of nitrogens with one attached hydrogen (secondary N) is 1. The predicted octanol–water partition coefficient (Wildman–Crippen LogP) is 2.87. The molecular formula is C14H18FNO4. The Morgan fingerprint density at radius 1 is 1.45 bits per heavy atom. The van der Waals surface area contributed by atoms with Gasteiger partial charge in [0.1, 0.15) is 5.82 Å². The van der Waals surface area contributed by atoms with E-state index in [2.05, 4.69) is 5.32 Å². The van der Waals surface area contributed by atoms with Crippen molar-refractivity contribution in [3.05, 3.63) is 35.6 Å². The van der Waals surface area contributed by atoms with Crippen LogP contribution in [0.3, 0.4) is 0 Å². The molecule has 0 heterocycles. The van der Waals surface area contributed by atoms with Crippen molar-refractivity contribution in [1.29, 1.82) is 0 Å². The lowest BCUT2D eigenvalue weighted by Gasteiger charge is -2.17. The van der Waals surface area contributed by atoms with Crippen LogP contribution in [0.5, 0.6) is 0 Å². The Kier molecular flexibility index (Phi) is 6.49. The van der Waals surface area contributed by atoms with Crippen molar-refractivity contribution in [3.63, 3.8) is 0 Å². The topological polar surface area (TPSA) is 75.6 Å². The van der Waals surface area contributed by atoms with Gasteiger partial charge in [-0.15, -0.1) is 0 Å². The van der Waals surface area contributed by atoms with E-state index in [1.807, 2.05) is 6.92 Å². The second kappa shape index (κ2) is 8.14. The van der Waals surface area contributed by atoms with Crippen LogP contribution in [0.1, 0.15) is 37.8 Å². The van der Waals surface area contributed by atoms with E-state index in [4.69, 9.17) is 9.84 Å². The number of carboxylic acids is 1. The summed E-state index contributed by atoms with van der Waals surface area (Å²) in [7, 11) is 0. The van der Waals surface area contributed by atoms with Gasteiger partial charge in [-0.2, -0.15) is 0 Å². The fourth-order valence-corrected chi connectivity index (χ4v) is 1.64. The van der Waals surface area contributed by atoms with Gasteiger partial charge in [0.25, 0.3) is 0 Å². The molecule has 0 saturated carbocycles. The van der Waals surface area contributed by atoms with E-state index in [0.29, 0.717) is 5.56 Å². The Hall–Kier alpha value is -2.11. The third-order valence-electron chi connectivity index (χ3n) is 2.65. The SMILES string of the molecule is CCCCOC(=O)NC(CC(=O)O)c1cccc(F)c1. The van der Waals surface area contributed by atoms with E-state index in [0.717, 1.165) is 12.8 Å². The van der Waals surface area contributed by atoms with Gasteiger partial charge in [0.15, 0.2) is 0 Å². The molecule has 1 amide bonds. The number of carbonyl (C=O) groups is 2. The molecule has 1 aromatic carbocycles. The smallest absolute Gasteiger partial charge is 0.407 e. The van der Waals surface area contributed by atoms with Crippen molar-refractivity contribution < 1.29 is 23.8 Å². The highest BCUT2D eigenvalue weighted by atomic mass is 19.1. The molecule has 0 aliphatic carbocycles. The number of halogens is 1. The molecule has 0 radical (unpaired) electrons. The fraction of sp³-hybridized carbons (Fsp3) is 0.429. The molecule has 1 aromatic rings. The van der Waals surface area contributed by atoms with Gasteiger partial charge < -0.3 is 15.2 Å². The minimum absolute atomic E-state index is 0.269. The van der Waals surface area contributed by atoms with Crippen LogP contribution in [0.2, 0.25) is 0 Å². The summed E-state index contributed by atoms with van der Waals surface area (Å²) in [4.78, 5) is 22.4. The van der Waals surface area contributed by atoms with Crippen LogP contribution in [0.15, 0.2) is 24.3 Å². The van der Waals surface area contributed by atoms with Gasteiger partial charge in [0.2, 0.25) is 0 Å². The summed E-state index contributed by atoms with van der Waals surface area (Å²) < 4.78 is 18.1. The normalized spacial score (nSPS) is 11.7. The molecule has 6 heteroatoms. The van der Waals surface area contributed by atoms with E-state index in [-0.39, 0.29) is 13.0 Å². The Morgan fingerprint density at radius 2 is 2.20 bits per heavy atom. The van der Waals surface area contributed by atoms with Crippen LogP contribution in [-0.2, 0) is 9.53 Å². The van der Waals surface area contributed by atoms with Crippen molar-refractivity contribution in [2.75, 3.05) is 6.61 Å². The highest BCUT2D eigenvalue weighted by Crippen LogP contribution is 2.18. The highest BCUT2D eigenvalue weighted by molar-refractivity contribution is 5.71. The molecule has 20 heavy (non-hydrogen) atoms. The summed E-state index contributed by atoms with van der Waals surface area (Å²) in [5.74, 6) is -1.58. The number of benzene rings is 1. The second-order valence-corrected chi connectivity index (χ2v) is 4.34. The van der Waals surface area contributed by atoms with E-state index in [9.17, 15) is 14.0 Å². The van der Waals surface area contributed by atoms with Gasteiger partial charge in [-0.05, 0) is 24.1 Å². The number of ether oxygens (including phenoxy) is 1. The average Bonchev–Trinajstić information content (AvgIpc) is 2.38. The van der Waals surface area contributed by atoms with E-state index in [1.54, 1.807) is 6.07 Å². The summed E-state index contributed by atoms with van der Waals surface area (Å²) in [6, 6.07) is 4.64. The highest BCUT2D eigenvalue weighted by Gasteiger charge is 2.19. The first-order chi connectivity index (χ1) is 9.52. The van der Waals surface area contributed by atoms with Crippen LogP contribution < -0.4 is 5.32 Å². The molecule has 0 fully saturated rings. The molecule has 0 saturated heterocycles. The average molecular weight is 283 g/mol. The zero-order valence-electron chi connectivity index (χ0n) is 11.3. The Bertz CT molecular complexity index is 464. The number of rotatable bonds is 7. The number of alkyl carbamates (subject to hydrolysis) is 1. The Labute approximate surface area is 116 Å². The second-order valence-electron chi connectivity index (χ2n) is 4.34. The number of carboxylic acid groups (broad SMARTS) is 1. The van der Waals surface area contributed by atoms with Gasteiger partial charge in [-0.3, -0.25) is 4.79 Å². The first kappa shape index (κ1) is 15.9. The van der Waals surface area contributed by atoms with Gasteiger partial charge in [0.05, 0.1) is 19.1 Å². The molecule has 1 rings (SSSR count). The van der Waals surface area contributed by atoms with E-state index >= 15 is 0 Å². The summed E-state index contributed by atoms with van der Waals surface area (Å²) in [6.45, 7) is 2.23. The third-order valence-corrected chi connectivity index (χ3v) is 2.65. The molecular weight excluding hydrogens is 265 g/mol. The number of hydrogen-bond donors (Lipinski definition) is 2. The van der Waals surface area contributed by atoms with Crippen molar-refractivity contribution >= 4 is 12.1 Å². The first-order valence-electron chi connectivity index (χ1n) is 6.43. The zero-order chi connectivity index (χ0) is 15.0. The van der Waals surface area contributed by atoms with Crippen molar-refractivity contribution in [1.82, 2.24) is 5.32 Å². The molecule has 1 atom stereocenters. The fourth-order valence-electron chi connectivity index (χ4n) is 1.64. The van der Waals surface area contributed by atoms with Gasteiger partial charge in [-0.25, -0.2) is 9.18 Å². The molecule has 1 unspecified atom stereocenters. The summed E-state index contributed by atoms with van der Waals surface area (Å²) >= 11 is 0. The maximum atomic E-state index is 13.2. The van der Waals surface area contributed by atoms with Gasteiger partial charge >= 0.3 is 12.1 Å². The molecule has 0 aromatic heterocycles. The third kappa shape index (κ3) is 5.69. The van der Waals surface area contributed by atoms with Crippen LogP contribution in [-0.4, -0.2) is 23.8 Å². The summed E-state index contributed by atoms with van der Waals surface area (Å²) in [5.41, 5.74) is 0.389. The number of aliphatic carboxylic acids is 1. The molecule has 5 nitrogen and oxygen atoms in total. The lowest BCUT2D eigenvalue weighted by molar-refractivity contribution is -0.137. The first-order valence-corrected chi connectivity index (χ1v) is 6.43. The molecule has 0 bridgehead atoms. The lowest BCUT2D eigenvalue weighted by Crippen LogP contribution is -2.31. The minimum Gasteiger partial charge on any atom is -0.481 e. The van der Waals surface area contributed by atoms with Gasteiger partial charge in [0, 0.05) is 0 Å². The maximum Gasteiger partial charge on any atom is 0.407 e. The van der Waals surface area contributed by atoms with Crippen molar-refractivity contribution in [2.45, 2.75) is 32.2 Å².